The molecule has 0 unspecified atom stereocenters. The number of hydrogen-bond donors (Lipinski definition) is 1. The molecule has 4 aromatic rings. The molecule has 0 fully saturated rings. The first-order valence-corrected chi connectivity index (χ1v) is 8.86. The lowest BCUT2D eigenvalue weighted by Gasteiger charge is -2.08. The molecule has 0 aliphatic heterocycles. The lowest BCUT2D eigenvalue weighted by molar-refractivity contribution is 0.102. The number of fused-ring (bicyclic) bond motifs is 1. The Morgan fingerprint density at radius 1 is 1.12 bits per heavy atom. The quantitative estimate of drug-likeness (QED) is 0.464. The molecule has 2 heterocycles. The Balaban J connectivity index is 1.68. The minimum atomic E-state index is -0.232. The molecule has 0 spiro atoms. The highest BCUT2D eigenvalue weighted by molar-refractivity contribution is 9.10. The van der Waals surface area contributed by atoms with E-state index < -0.39 is 0 Å². The largest absolute Gasteiger partial charge is 0.434 e. The fourth-order valence-electron chi connectivity index (χ4n) is 2.49. The van der Waals surface area contributed by atoms with Crippen molar-refractivity contribution in [3.63, 3.8) is 0 Å². The maximum atomic E-state index is 12.5. The fraction of sp³-hybridized carbons (Fsp3) is 0. The highest BCUT2D eigenvalue weighted by Gasteiger charge is 2.15. The molecule has 0 saturated heterocycles. The average molecular weight is 429 g/mol. The Kier molecular flexibility index (Phi) is 4.44. The summed E-state index contributed by atoms with van der Waals surface area (Å²) in [6.45, 7) is 0. The molecule has 128 valence electrons. The Morgan fingerprint density at radius 2 is 1.96 bits per heavy atom. The number of rotatable bonds is 3. The van der Waals surface area contributed by atoms with Crippen LogP contribution < -0.4 is 5.32 Å². The van der Waals surface area contributed by atoms with Gasteiger partial charge in [0.25, 0.3) is 5.91 Å². The maximum absolute atomic E-state index is 12.5. The molecule has 1 amide bonds. The zero-order valence-electron chi connectivity index (χ0n) is 13.2. The number of aromatic nitrogens is 2. The van der Waals surface area contributed by atoms with E-state index in [9.17, 15) is 4.79 Å². The molecule has 0 saturated carbocycles. The topological polar surface area (TPSA) is 68.0 Å². The van der Waals surface area contributed by atoms with E-state index in [1.54, 1.807) is 48.7 Å². The molecule has 0 radical (unpaired) electrons. The van der Waals surface area contributed by atoms with Crippen molar-refractivity contribution in [3.05, 3.63) is 75.9 Å². The zero-order valence-corrected chi connectivity index (χ0v) is 15.6. The van der Waals surface area contributed by atoms with Crippen molar-refractivity contribution < 1.29 is 9.21 Å². The van der Waals surface area contributed by atoms with Crippen LogP contribution in [0.4, 0.5) is 5.69 Å². The summed E-state index contributed by atoms with van der Waals surface area (Å²) in [4.78, 5) is 21.0. The van der Waals surface area contributed by atoms with E-state index in [0.29, 0.717) is 39.0 Å². The Bertz CT molecular complexity index is 1090. The number of benzene rings is 2. The number of anilines is 1. The van der Waals surface area contributed by atoms with Gasteiger partial charge in [-0.25, -0.2) is 4.98 Å². The second kappa shape index (κ2) is 6.90. The maximum Gasteiger partial charge on any atom is 0.256 e. The summed E-state index contributed by atoms with van der Waals surface area (Å²) in [5.74, 6) is 0.116. The molecule has 1 N–H and O–H groups in total. The second-order valence-electron chi connectivity index (χ2n) is 5.47. The van der Waals surface area contributed by atoms with Crippen molar-refractivity contribution in [2.45, 2.75) is 0 Å². The van der Waals surface area contributed by atoms with E-state index in [0.717, 1.165) is 4.47 Å². The van der Waals surface area contributed by atoms with Crippen LogP contribution in [0.15, 0.2) is 69.7 Å². The lowest BCUT2D eigenvalue weighted by atomic mass is 10.1. The number of amides is 1. The van der Waals surface area contributed by atoms with Crippen molar-refractivity contribution in [2.75, 3.05) is 5.32 Å². The number of carbonyl (C=O) groups is 1. The third-order valence-corrected chi connectivity index (χ3v) is 4.76. The molecule has 0 aliphatic carbocycles. The van der Waals surface area contributed by atoms with Gasteiger partial charge in [-0.2, -0.15) is 4.98 Å². The standard InChI is InChI=1S/C19H11BrClN3O2/c20-14-5-2-1-4-12(14)18(25)23-11-7-8-15(21)13(10-11)19-24-17-16(26-19)6-3-9-22-17/h1-10H,(H,23,25). The monoisotopic (exact) mass is 427 g/mol. The van der Waals surface area contributed by atoms with Crippen LogP contribution in [0.25, 0.3) is 22.7 Å². The summed E-state index contributed by atoms with van der Waals surface area (Å²) in [6, 6.07) is 15.9. The number of carbonyl (C=O) groups excluding carboxylic acids is 1. The number of nitrogens with one attached hydrogen (secondary N) is 1. The molecule has 26 heavy (non-hydrogen) atoms. The highest BCUT2D eigenvalue weighted by Crippen LogP contribution is 2.32. The third kappa shape index (κ3) is 3.21. The molecule has 0 bridgehead atoms. The van der Waals surface area contributed by atoms with E-state index in [1.165, 1.54) is 0 Å². The average Bonchev–Trinajstić information content (AvgIpc) is 3.07. The van der Waals surface area contributed by atoms with Crippen LogP contribution in [0.5, 0.6) is 0 Å². The van der Waals surface area contributed by atoms with Gasteiger partial charge < -0.3 is 9.73 Å². The number of nitrogens with zero attached hydrogens (tertiary/aromatic N) is 2. The molecule has 0 aliphatic rings. The van der Waals surface area contributed by atoms with E-state index in [-0.39, 0.29) is 5.91 Å². The van der Waals surface area contributed by atoms with Gasteiger partial charge in [0.2, 0.25) is 5.89 Å². The Labute approximate surface area is 162 Å². The molecule has 5 nitrogen and oxygen atoms in total. The number of oxazole rings is 1. The van der Waals surface area contributed by atoms with Crippen molar-refractivity contribution in [2.24, 2.45) is 0 Å². The summed E-state index contributed by atoms with van der Waals surface area (Å²) in [5, 5.41) is 3.33. The van der Waals surface area contributed by atoms with Crippen LogP contribution in [0.3, 0.4) is 0 Å². The van der Waals surface area contributed by atoms with Gasteiger partial charge in [0.1, 0.15) is 0 Å². The van der Waals surface area contributed by atoms with E-state index in [1.807, 2.05) is 12.1 Å². The number of hydrogen-bond acceptors (Lipinski definition) is 4. The Morgan fingerprint density at radius 3 is 2.77 bits per heavy atom. The first-order chi connectivity index (χ1) is 12.6. The fourth-order valence-corrected chi connectivity index (χ4v) is 3.16. The van der Waals surface area contributed by atoms with Crippen LogP contribution in [0.1, 0.15) is 10.4 Å². The predicted octanol–water partition coefficient (Wildman–Crippen LogP) is 5.56. The van der Waals surface area contributed by atoms with E-state index in [4.69, 9.17) is 16.0 Å². The minimum absolute atomic E-state index is 0.232. The van der Waals surface area contributed by atoms with Crippen LogP contribution in [0, 0.1) is 0 Å². The zero-order chi connectivity index (χ0) is 18.1. The van der Waals surface area contributed by atoms with Gasteiger partial charge in [0.05, 0.1) is 16.1 Å². The molecular weight excluding hydrogens is 418 g/mol. The van der Waals surface area contributed by atoms with Gasteiger partial charge in [0, 0.05) is 16.4 Å². The molecule has 4 rings (SSSR count). The molecule has 2 aromatic heterocycles. The summed E-state index contributed by atoms with van der Waals surface area (Å²) < 4.78 is 6.44. The van der Waals surface area contributed by atoms with Gasteiger partial charge in [-0.05, 0) is 58.4 Å². The molecule has 0 atom stereocenters. The van der Waals surface area contributed by atoms with Crippen molar-refractivity contribution in [1.82, 2.24) is 9.97 Å². The van der Waals surface area contributed by atoms with Gasteiger partial charge in [-0.1, -0.05) is 23.7 Å². The number of pyridine rings is 1. The second-order valence-corrected chi connectivity index (χ2v) is 6.73. The summed E-state index contributed by atoms with van der Waals surface area (Å²) in [5.41, 5.74) is 2.77. The smallest absolute Gasteiger partial charge is 0.256 e. The molecule has 2 aromatic carbocycles. The van der Waals surface area contributed by atoms with Crippen molar-refractivity contribution >= 4 is 50.4 Å². The third-order valence-electron chi connectivity index (χ3n) is 3.74. The summed E-state index contributed by atoms with van der Waals surface area (Å²) in [6.07, 6.45) is 1.64. The van der Waals surface area contributed by atoms with Gasteiger partial charge in [-0.15, -0.1) is 0 Å². The SMILES string of the molecule is O=C(Nc1ccc(Cl)c(-c2nc3ncccc3o2)c1)c1ccccc1Br. The normalized spacial score (nSPS) is 10.8. The summed E-state index contributed by atoms with van der Waals surface area (Å²) >= 11 is 9.68. The predicted molar refractivity (Wildman–Crippen MR) is 104 cm³/mol. The van der Waals surface area contributed by atoms with Gasteiger partial charge in [-0.3, -0.25) is 4.79 Å². The first kappa shape index (κ1) is 16.8. The van der Waals surface area contributed by atoms with Gasteiger partial charge in [0.15, 0.2) is 11.2 Å². The minimum Gasteiger partial charge on any atom is -0.434 e. The van der Waals surface area contributed by atoms with Crippen LogP contribution in [-0.4, -0.2) is 15.9 Å². The Hall–Kier alpha value is -2.70. The van der Waals surface area contributed by atoms with Crippen molar-refractivity contribution in [3.8, 4) is 11.5 Å². The van der Waals surface area contributed by atoms with Crippen LogP contribution in [-0.2, 0) is 0 Å². The summed E-state index contributed by atoms with van der Waals surface area (Å²) in [7, 11) is 0. The van der Waals surface area contributed by atoms with Crippen molar-refractivity contribution in [1.29, 1.82) is 0 Å². The van der Waals surface area contributed by atoms with Crippen LogP contribution >= 0.6 is 27.5 Å². The van der Waals surface area contributed by atoms with Crippen LogP contribution in [0.2, 0.25) is 5.02 Å². The number of halogens is 2. The highest BCUT2D eigenvalue weighted by atomic mass is 79.9. The van der Waals surface area contributed by atoms with E-state index in [2.05, 4.69) is 31.2 Å². The van der Waals surface area contributed by atoms with Gasteiger partial charge >= 0.3 is 0 Å². The first-order valence-electron chi connectivity index (χ1n) is 7.69. The molecular formula is C19H11BrClN3O2. The van der Waals surface area contributed by atoms with E-state index >= 15 is 0 Å². The lowest BCUT2D eigenvalue weighted by Crippen LogP contribution is -2.12. The molecule has 7 heteroatoms.